The fourth-order valence-corrected chi connectivity index (χ4v) is 3.26. The van der Waals surface area contributed by atoms with E-state index < -0.39 is 5.60 Å². The third-order valence-electron chi connectivity index (χ3n) is 4.43. The number of nitrogens with zero attached hydrogens (tertiary/aromatic N) is 3. The van der Waals surface area contributed by atoms with Crippen LogP contribution in [0.4, 0.5) is 0 Å². The maximum absolute atomic E-state index is 13.0. The summed E-state index contributed by atoms with van der Waals surface area (Å²) in [7, 11) is 0. The molecule has 0 aliphatic rings. The van der Waals surface area contributed by atoms with Crippen molar-refractivity contribution in [3.8, 4) is 0 Å². The Morgan fingerprint density at radius 2 is 1.92 bits per heavy atom. The van der Waals surface area contributed by atoms with E-state index in [2.05, 4.69) is 50.4 Å². The Morgan fingerprint density at radius 1 is 1.27 bits per heavy atom. The number of hydrogen-bond acceptors (Lipinski definition) is 5. The van der Waals surface area contributed by atoms with Crippen molar-refractivity contribution >= 4 is 21.9 Å². The second kappa shape index (κ2) is 8.75. The second-order valence-corrected chi connectivity index (χ2v) is 8.57. The van der Waals surface area contributed by atoms with Crippen LogP contribution in [0.5, 0.6) is 0 Å². The van der Waals surface area contributed by atoms with Crippen LogP contribution in [0.3, 0.4) is 0 Å². The number of halogens is 1. The Hall–Kier alpha value is -1.76. The van der Waals surface area contributed by atoms with E-state index in [0.29, 0.717) is 12.2 Å². The quantitative estimate of drug-likeness (QED) is 0.672. The molecule has 0 saturated heterocycles. The van der Waals surface area contributed by atoms with E-state index >= 15 is 0 Å². The number of benzene rings is 1. The van der Waals surface area contributed by atoms with Crippen molar-refractivity contribution in [3.05, 3.63) is 40.1 Å². The van der Waals surface area contributed by atoms with E-state index in [1.807, 2.05) is 45.0 Å². The molecule has 7 heteroatoms. The molecule has 0 bridgehead atoms. The largest absolute Gasteiger partial charge is 0.460 e. The van der Waals surface area contributed by atoms with E-state index in [0.717, 1.165) is 16.5 Å². The van der Waals surface area contributed by atoms with Crippen LogP contribution in [0.15, 0.2) is 28.7 Å². The number of ether oxygens (including phenoxy) is 1. The van der Waals surface area contributed by atoms with Gasteiger partial charge in [-0.1, -0.05) is 53.5 Å². The summed E-state index contributed by atoms with van der Waals surface area (Å²) in [4.78, 5) is 13.0. The molecule has 0 aliphatic carbocycles. The lowest BCUT2D eigenvalue weighted by atomic mass is 9.77. The summed E-state index contributed by atoms with van der Waals surface area (Å²) in [5, 5.41) is 14.6. The summed E-state index contributed by atoms with van der Waals surface area (Å²) in [5.41, 5.74) is 0.572. The van der Waals surface area contributed by atoms with Crippen molar-refractivity contribution in [2.75, 3.05) is 0 Å². The minimum atomic E-state index is -0.539. The van der Waals surface area contributed by atoms with Crippen molar-refractivity contribution in [1.82, 2.24) is 20.6 Å². The smallest absolute Gasteiger partial charge is 0.310 e. The highest BCUT2D eigenvalue weighted by molar-refractivity contribution is 9.10. The van der Waals surface area contributed by atoms with Gasteiger partial charge in [0.05, 0.1) is 5.92 Å². The first kappa shape index (κ1) is 20.6. The number of aromatic amines is 1. The first-order chi connectivity index (χ1) is 12.2. The van der Waals surface area contributed by atoms with Crippen molar-refractivity contribution < 1.29 is 9.53 Å². The van der Waals surface area contributed by atoms with Crippen LogP contribution >= 0.6 is 15.9 Å². The van der Waals surface area contributed by atoms with Gasteiger partial charge in [0.1, 0.15) is 5.60 Å². The molecule has 0 spiro atoms. The minimum absolute atomic E-state index is 0.129. The lowest BCUT2D eigenvalue weighted by Gasteiger charge is -2.31. The summed E-state index contributed by atoms with van der Waals surface area (Å²) in [6, 6.07) is 8.07. The summed E-state index contributed by atoms with van der Waals surface area (Å²) in [5.74, 6) is -0.0909. The predicted octanol–water partition coefficient (Wildman–Crippen LogP) is 4.29. The average molecular weight is 423 g/mol. The summed E-state index contributed by atoms with van der Waals surface area (Å²) in [6.07, 6.45) is 1.50. The molecule has 0 fully saturated rings. The Labute approximate surface area is 163 Å². The number of rotatable bonds is 7. The monoisotopic (exact) mass is 422 g/mol. The zero-order valence-electron chi connectivity index (χ0n) is 16.0. The Bertz CT molecular complexity index is 695. The van der Waals surface area contributed by atoms with Gasteiger partial charge in [0.15, 0.2) is 5.82 Å². The molecule has 1 aromatic carbocycles. The highest BCUT2D eigenvalue weighted by Gasteiger charge is 2.38. The van der Waals surface area contributed by atoms with Gasteiger partial charge in [0, 0.05) is 10.4 Å². The molecule has 3 atom stereocenters. The van der Waals surface area contributed by atoms with E-state index in [1.165, 1.54) is 0 Å². The van der Waals surface area contributed by atoms with Crippen LogP contribution in [-0.4, -0.2) is 32.2 Å². The van der Waals surface area contributed by atoms with Gasteiger partial charge in [-0.25, -0.2) is 0 Å². The molecule has 0 aliphatic heterocycles. The molecule has 2 unspecified atom stereocenters. The van der Waals surface area contributed by atoms with Crippen LogP contribution in [-0.2, 0) is 16.0 Å². The van der Waals surface area contributed by atoms with Crippen LogP contribution in [0, 0.1) is 11.8 Å². The lowest BCUT2D eigenvalue weighted by Crippen LogP contribution is -2.36. The number of tetrazole rings is 1. The van der Waals surface area contributed by atoms with Crippen molar-refractivity contribution in [3.63, 3.8) is 0 Å². The minimum Gasteiger partial charge on any atom is -0.460 e. The molecule has 142 valence electrons. The molecule has 1 N–H and O–H groups in total. The number of nitrogens with one attached hydrogen (secondary N) is 1. The highest BCUT2D eigenvalue weighted by atomic mass is 79.9. The maximum Gasteiger partial charge on any atom is 0.310 e. The molecular weight excluding hydrogens is 396 g/mol. The highest BCUT2D eigenvalue weighted by Crippen LogP contribution is 2.35. The number of aromatic nitrogens is 4. The van der Waals surface area contributed by atoms with Gasteiger partial charge in [-0.05, 0) is 50.8 Å². The number of H-pyrrole nitrogens is 1. The fourth-order valence-electron chi connectivity index (χ4n) is 3.00. The molecule has 1 heterocycles. The number of carbonyl (C=O) groups is 1. The number of hydrogen-bond donors (Lipinski definition) is 1. The molecule has 0 saturated carbocycles. The standard InChI is InChI=1S/C19H27BrN4O2/c1-6-12(2)16(18(25)26-19(3,4)5)15(17-21-23-24-22-17)11-13-7-9-14(20)10-8-13/h7-10,12,15-16H,6,11H2,1-5H3,(H,21,22,23,24)/t12?,15-,16?/m0/s1. The van der Waals surface area contributed by atoms with Gasteiger partial charge < -0.3 is 4.74 Å². The number of carbonyl (C=O) groups excluding carboxylic acids is 1. The SMILES string of the molecule is CCC(C)C(C(=O)OC(C)(C)C)[C@H](Cc1ccc(Br)cc1)c1nn[nH]n1. The van der Waals surface area contributed by atoms with Gasteiger partial charge in [-0.15, -0.1) is 10.2 Å². The predicted molar refractivity (Wildman–Crippen MR) is 104 cm³/mol. The first-order valence-corrected chi connectivity index (χ1v) is 9.71. The molecule has 2 aromatic rings. The lowest BCUT2D eigenvalue weighted by molar-refractivity contribution is -0.163. The summed E-state index contributed by atoms with van der Waals surface area (Å²) in [6.45, 7) is 9.81. The second-order valence-electron chi connectivity index (χ2n) is 7.65. The van der Waals surface area contributed by atoms with E-state index in [9.17, 15) is 4.79 Å². The van der Waals surface area contributed by atoms with E-state index in [1.54, 1.807) is 0 Å². The molecule has 0 amide bonds. The van der Waals surface area contributed by atoms with Gasteiger partial charge in [-0.3, -0.25) is 4.79 Å². The van der Waals surface area contributed by atoms with Gasteiger partial charge in [-0.2, -0.15) is 5.21 Å². The Balaban J connectivity index is 2.38. The van der Waals surface area contributed by atoms with Crippen LogP contribution in [0.1, 0.15) is 58.3 Å². The molecule has 26 heavy (non-hydrogen) atoms. The zero-order valence-corrected chi connectivity index (χ0v) is 17.6. The van der Waals surface area contributed by atoms with Gasteiger partial charge >= 0.3 is 5.97 Å². The third kappa shape index (κ3) is 5.62. The first-order valence-electron chi connectivity index (χ1n) is 8.92. The molecule has 6 nitrogen and oxygen atoms in total. The topological polar surface area (TPSA) is 80.8 Å². The van der Waals surface area contributed by atoms with E-state index in [4.69, 9.17) is 4.74 Å². The third-order valence-corrected chi connectivity index (χ3v) is 4.96. The molecule has 1 aromatic heterocycles. The van der Waals surface area contributed by atoms with Gasteiger partial charge in [0.25, 0.3) is 0 Å². The van der Waals surface area contributed by atoms with Crippen LogP contribution in [0.25, 0.3) is 0 Å². The number of esters is 1. The van der Waals surface area contributed by atoms with Crippen molar-refractivity contribution in [1.29, 1.82) is 0 Å². The van der Waals surface area contributed by atoms with Crippen molar-refractivity contribution in [2.24, 2.45) is 11.8 Å². The Morgan fingerprint density at radius 3 is 2.42 bits per heavy atom. The van der Waals surface area contributed by atoms with Gasteiger partial charge in [0.2, 0.25) is 0 Å². The zero-order chi connectivity index (χ0) is 19.3. The summed E-state index contributed by atoms with van der Waals surface area (Å²) >= 11 is 3.46. The maximum atomic E-state index is 13.0. The fraction of sp³-hybridized carbons (Fsp3) is 0.579. The van der Waals surface area contributed by atoms with Crippen molar-refractivity contribution in [2.45, 2.75) is 59.0 Å². The molecule has 2 rings (SSSR count). The average Bonchev–Trinajstić information content (AvgIpc) is 3.08. The van der Waals surface area contributed by atoms with E-state index in [-0.39, 0.29) is 23.7 Å². The van der Waals surface area contributed by atoms with Crippen LogP contribution in [0.2, 0.25) is 0 Å². The molecule has 0 radical (unpaired) electrons. The molecular formula is C19H27BrN4O2. The normalized spacial score (nSPS) is 15.3. The van der Waals surface area contributed by atoms with Crippen LogP contribution < -0.4 is 0 Å². The summed E-state index contributed by atoms with van der Waals surface area (Å²) < 4.78 is 6.74. The Kier molecular flexibility index (Phi) is 6.92.